The molecule has 1 amide bonds. The van der Waals surface area contributed by atoms with Gasteiger partial charge in [0.25, 0.3) is 5.91 Å². The molecule has 3 rings (SSSR count). The molecule has 1 saturated heterocycles. The Kier molecular flexibility index (Phi) is 5.90. The van der Waals surface area contributed by atoms with Gasteiger partial charge in [0.2, 0.25) is 0 Å². The third-order valence-corrected chi connectivity index (χ3v) is 4.65. The maximum absolute atomic E-state index is 12.2. The van der Waals surface area contributed by atoms with E-state index in [2.05, 4.69) is 20.6 Å². The summed E-state index contributed by atoms with van der Waals surface area (Å²) in [7, 11) is 0. The van der Waals surface area contributed by atoms with Gasteiger partial charge in [-0.2, -0.15) is 0 Å². The minimum Gasteiger partial charge on any atom is -0.381 e. The molecule has 0 saturated carbocycles. The molecule has 0 aromatic carbocycles. The molecule has 2 aromatic heterocycles. The molecule has 26 heavy (non-hydrogen) atoms. The molecule has 7 heteroatoms. The highest BCUT2D eigenvalue weighted by molar-refractivity contribution is 5.94. The van der Waals surface area contributed by atoms with Crippen molar-refractivity contribution in [2.24, 2.45) is 5.73 Å². The second-order valence-corrected chi connectivity index (χ2v) is 6.83. The van der Waals surface area contributed by atoms with Gasteiger partial charge in [0.15, 0.2) is 0 Å². The number of anilines is 1. The highest BCUT2D eigenvalue weighted by atomic mass is 16.5. The number of nitrogens with one attached hydrogen (secondary N) is 3. The summed E-state index contributed by atoms with van der Waals surface area (Å²) in [6.45, 7) is 5.87. The van der Waals surface area contributed by atoms with Crippen LogP contribution in [0.25, 0.3) is 11.1 Å². The van der Waals surface area contributed by atoms with Crippen molar-refractivity contribution in [3.05, 3.63) is 35.8 Å². The van der Waals surface area contributed by atoms with Gasteiger partial charge in [-0.3, -0.25) is 4.79 Å². The Balaban J connectivity index is 1.76. The van der Waals surface area contributed by atoms with Crippen LogP contribution < -0.4 is 16.4 Å². The van der Waals surface area contributed by atoms with Crippen LogP contribution in [-0.4, -0.2) is 47.7 Å². The van der Waals surface area contributed by atoms with E-state index in [1.54, 1.807) is 0 Å². The number of hydrogen-bond donors (Lipinski definition) is 4. The van der Waals surface area contributed by atoms with Gasteiger partial charge in [-0.15, -0.1) is 0 Å². The third kappa shape index (κ3) is 4.42. The van der Waals surface area contributed by atoms with Gasteiger partial charge >= 0.3 is 0 Å². The molecule has 140 valence electrons. The summed E-state index contributed by atoms with van der Waals surface area (Å²) in [6.07, 6.45) is 5.68. The molecule has 7 nitrogen and oxygen atoms in total. The maximum atomic E-state index is 12.2. The highest BCUT2D eigenvalue weighted by Gasteiger charge is 2.16. The van der Waals surface area contributed by atoms with E-state index in [1.165, 1.54) is 0 Å². The molecule has 1 aliphatic rings. The standard InChI is InChI=1S/C19H27N5O2/c1-12-10-22-18(24-15-3-5-26-6-4-15)8-16(12)14-7-17(21-11-14)19(25)23-13(2)9-20/h7-8,10-11,13,15,21H,3-6,9,20H2,1-2H3,(H,22,24)(H,23,25)/t13-/m0/s1. The lowest BCUT2D eigenvalue weighted by atomic mass is 10.0. The first kappa shape index (κ1) is 18.4. The van der Waals surface area contributed by atoms with Crippen LogP contribution in [0.15, 0.2) is 24.5 Å². The van der Waals surface area contributed by atoms with E-state index in [0.717, 1.165) is 48.6 Å². The number of hydrogen-bond acceptors (Lipinski definition) is 5. The predicted molar refractivity (Wildman–Crippen MR) is 102 cm³/mol. The maximum Gasteiger partial charge on any atom is 0.267 e. The van der Waals surface area contributed by atoms with Gasteiger partial charge in [-0.1, -0.05) is 0 Å². The highest BCUT2D eigenvalue weighted by Crippen LogP contribution is 2.27. The van der Waals surface area contributed by atoms with Crippen molar-refractivity contribution in [2.75, 3.05) is 25.1 Å². The number of amides is 1. The Bertz CT molecular complexity index is 752. The van der Waals surface area contributed by atoms with Gasteiger partial charge in [0, 0.05) is 49.8 Å². The van der Waals surface area contributed by atoms with E-state index < -0.39 is 0 Å². The molecular weight excluding hydrogens is 330 g/mol. The summed E-state index contributed by atoms with van der Waals surface area (Å²) in [5, 5.41) is 6.35. The number of aryl methyl sites for hydroxylation is 1. The summed E-state index contributed by atoms with van der Waals surface area (Å²) >= 11 is 0. The number of rotatable bonds is 6. The van der Waals surface area contributed by atoms with E-state index in [1.807, 2.05) is 38.4 Å². The minimum absolute atomic E-state index is 0.0628. The first-order valence-corrected chi connectivity index (χ1v) is 9.07. The topological polar surface area (TPSA) is 105 Å². The van der Waals surface area contributed by atoms with E-state index in [0.29, 0.717) is 18.3 Å². The Morgan fingerprint density at radius 1 is 1.42 bits per heavy atom. The molecule has 0 unspecified atom stereocenters. The summed E-state index contributed by atoms with van der Waals surface area (Å²) < 4.78 is 5.40. The van der Waals surface area contributed by atoms with Crippen LogP contribution in [0.2, 0.25) is 0 Å². The Hall–Kier alpha value is -2.38. The Labute approximate surface area is 153 Å². The van der Waals surface area contributed by atoms with Crippen LogP contribution in [0.5, 0.6) is 0 Å². The minimum atomic E-state index is -0.151. The van der Waals surface area contributed by atoms with Crippen LogP contribution in [0, 0.1) is 6.92 Å². The van der Waals surface area contributed by atoms with Crippen molar-refractivity contribution in [3.8, 4) is 11.1 Å². The number of carbonyl (C=O) groups excluding carboxylic acids is 1. The summed E-state index contributed by atoms with van der Waals surface area (Å²) in [6, 6.07) is 4.22. The molecule has 5 N–H and O–H groups in total. The molecule has 3 heterocycles. The van der Waals surface area contributed by atoms with Crippen LogP contribution in [0.1, 0.15) is 35.8 Å². The summed E-state index contributed by atoms with van der Waals surface area (Å²) in [5.41, 5.74) is 9.16. The monoisotopic (exact) mass is 357 g/mol. The largest absolute Gasteiger partial charge is 0.381 e. The van der Waals surface area contributed by atoms with Crippen molar-refractivity contribution in [1.29, 1.82) is 0 Å². The number of H-pyrrole nitrogens is 1. The van der Waals surface area contributed by atoms with Gasteiger partial charge in [-0.05, 0) is 49.9 Å². The van der Waals surface area contributed by atoms with E-state index in [4.69, 9.17) is 10.5 Å². The number of pyridine rings is 1. The van der Waals surface area contributed by atoms with Crippen LogP contribution in [-0.2, 0) is 4.74 Å². The molecule has 1 aliphatic heterocycles. The lowest BCUT2D eigenvalue weighted by Crippen LogP contribution is -2.37. The van der Waals surface area contributed by atoms with Gasteiger partial charge in [0.1, 0.15) is 11.5 Å². The first-order chi connectivity index (χ1) is 12.6. The smallest absolute Gasteiger partial charge is 0.267 e. The lowest BCUT2D eigenvalue weighted by molar-refractivity contribution is 0.0903. The number of carbonyl (C=O) groups is 1. The van der Waals surface area contributed by atoms with Crippen molar-refractivity contribution < 1.29 is 9.53 Å². The Morgan fingerprint density at radius 2 is 2.19 bits per heavy atom. The van der Waals surface area contributed by atoms with Crippen molar-refractivity contribution in [3.63, 3.8) is 0 Å². The van der Waals surface area contributed by atoms with Crippen LogP contribution in [0.3, 0.4) is 0 Å². The quantitative estimate of drug-likeness (QED) is 0.633. The normalized spacial score (nSPS) is 16.3. The fourth-order valence-electron chi connectivity index (χ4n) is 3.01. The molecular formula is C19H27N5O2. The van der Waals surface area contributed by atoms with Crippen molar-refractivity contribution in [2.45, 2.75) is 38.8 Å². The zero-order valence-corrected chi connectivity index (χ0v) is 15.3. The van der Waals surface area contributed by atoms with Gasteiger partial charge in [-0.25, -0.2) is 4.98 Å². The number of nitrogens with zero attached hydrogens (tertiary/aromatic N) is 1. The molecule has 0 aliphatic carbocycles. The average molecular weight is 357 g/mol. The SMILES string of the molecule is Cc1cnc(NC2CCOCC2)cc1-c1c[nH]c(C(=O)N[C@@H](C)CN)c1. The summed E-state index contributed by atoms with van der Waals surface area (Å²) in [5.74, 6) is 0.697. The van der Waals surface area contributed by atoms with E-state index >= 15 is 0 Å². The van der Waals surface area contributed by atoms with Crippen molar-refractivity contribution >= 4 is 11.7 Å². The molecule has 1 atom stereocenters. The van der Waals surface area contributed by atoms with Gasteiger partial charge in [0.05, 0.1) is 0 Å². The lowest BCUT2D eigenvalue weighted by Gasteiger charge is -2.24. The zero-order valence-electron chi connectivity index (χ0n) is 15.3. The first-order valence-electron chi connectivity index (χ1n) is 9.07. The predicted octanol–water partition coefficient (Wildman–Crippen LogP) is 2.05. The molecule has 0 bridgehead atoms. The van der Waals surface area contributed by atoms with E-state index in [-0.39, 0.29) is 11.9 Å². The van der Waals surface area contributed by atoms with Gasteiger partial charge < -0.3 is 26.1 Å². The number of aromatic amines is 1. The summed E-state index contributed by atoms with van der Waals surface area (Å²) in [4.78, 5) is 19.8. The molecule has 0 spiro atoms. The fourth-order valence-corrected chi connectivity index (χ4v) is 3.01. The number of ether oxygens (including phenoxy) is 1. The molecule has 1 fully saturated rings. The van der Waals surface area contributed by atoms with Crippen molar-refractivity contribution in [1.82, 2.24) is 15.3 Å². The number of aromatic nitrogens is 2. The second-order valence-electron chi connectivity index (χ2n) is 6.83. The fraction of sp³-hybridized carbons (Fsp3) is 0.474. The molecule has 2 aromatic rings. The molecule has 0 radical (unpaired) electrons. The second kappa shape index (κ2) is 8.33. The van der Waals surface area contributed by atoms with E-state index in [9.17, 15) is 4.79 Å². The average Bonchev–Trinajstić information content (AvgIpc) is 3.14. The third-order valence-electron chi connectivity index (χ3n) is 4.65. The van der Waals surface area contributed by atoms with Crippen LogP contribution >= 0.6 is 0 Å². The Morgan fingerprint density at radius 3 is 2.92 bits per heavy atom. The zero-order chi connectivity index (χ0) is 18.5. The van der Waals surface area contributed by atoms with Crippen LogP contribution in [0.4, 0.5) is 5.82 Å². The number of nitrogens with two attached hydrogens (primary N) is 1.